The number of allylic oxidation sites excluding steroid dienone is 3. The van der Waals surface area contributed by atoms with Crippen LogP contribution in [0.4, 0.5) is 0 Å². The zero-order valence-corrected chi connectivity index (χ0v) is 12.1. The first-order valence-corrected chi connectivity index (χ1v) is 9.92. The van der Waals surface area contributed by atoms with Crippen molar-refractivity contribution in [1.29, 1.82) is 0 Å². The molecular weight excluding hydrogens is 212 g/mol. The van der Waals surface area contributed by atoms with Gasteiger partial charge in [0.15, 0.2) is 5.78 Å². The lowest BCUT2D eigenvalue weighted by molar-refractivity contribution is -0.111. The van der Waals surface area contributed by atoms with Gasteiger partial charge in [0.05, 0.1) is 0 Å². The summed E-state index contributed by atoms with van der Waals surface area (Å²) in [6, 6.07) is 1.01. The molecule has 16 heavy (non-hydrogen) atoms. The van der Waals surface area contributed by atoms with Crippen LogP contribution in [0.1, 0.15) is 26.2 Å². The zero-order chi connectivity index (χ0) is 12.3. The van der Waals surface area contributed by atoms with E-state index in [2.05, 4.69) is 33.1 Å². The summed E-state index contributed by atoms with van der Waals surface area (Å²) in [6.07, 6.45) is 4.99. The molecule has 0 radical (unpaired) electrons. The SMILES string of the molecule is C=CC(=O)/C(C[Si](C)(C)C)=C1\CCC(C)C1. The van der Waals surface area contributed by atoms with Crippen LogP contribution in [0.15, 0.2) is 23.8 Å². The maximum absolute atomic E-state index is 11.9. The lowest BCUT2D eigenvalue weighted by Crippen LogP contribution is -2.22. The molecule has 0 N–H and O–H groups in total. The molecule has 1 rings (SSSR count). The molecule has 1 nitrogen and oxygen atoms in total. The van der Waals surface area contributed by atoms with E-state index in [1.807, 2.05) is 0 Å². The summed E-state index contributed by atoms with van der Waals surface area (Å²) in [6.45, 7) is 12.9. The topological polar surface area (TPSA) is 17.1 Å². The van der Waals surface area contributed by atoms with Gasteiger partial charge in [0.2, 0.25) is 0 Å². The first kappa shape index (κ1) is 13.4. The molecule has 0 aromatic carbocycles. The Hall–Kier alpha value is -0.633. The number of hydrogen-bond acceptors (Lipinski definition) is 1. The van der Waals surface area contributed by atoms with E-state index in [0.717, 1.165) is 30.4 Å². The Morgan fingerprint density at radius 3 is 2.50 bits per heavy atom. The summed E-state index contributed by atoms with van der Waals surface area (Å²) in [5.74, 6) is 0.927. The monoisotopic (exact) mass is 236 g/mol. The minimum absolute atomic E-state index is 0.173. The molecule has 0 amide bonds. The Bertz CT molecular complexity index is 320. The largest absolute Gasteiger partial charge is 0.290 e. The van der Waals surface area contributed by atoms with Crippen molar-refractivity contribution >= 4 is 13.9 Å². The molecule has 0 spiro atoms. The highest BCUT2D eigenvalue weighted by Crippen LogP contribution is 2.35. The fraction of sp³-hybridized carbons (Fsp3) is 0.643. The zero-order valence-electron chi connectivity index (χ0n) is 11.1. The molecule has 1 fully saturated rings. The fourth-order valence-corrected chi connectivity index (χ4v) is 3.84. The highest BCUT2D eigenvalue weighted by atomic mass is 28.3. The van der Waals surface area contributed by atoms with E-state index < -0.39 is 8.07 Å². The maximum atomic E-state index is 11.9. The molecular formula is C14H24OSi. The van der Waals surface area contributed by atoms with Crippen molar-refractivity contribution in [3.05, 3.63) is 23.8 Å². The highest BCUT2D eigenvalue weighted by molar-refractivity contribution is 6.77. The summed E-state index contributed by atoms with van der Waals surface area (Å²) < 4.78 is 0. The minimum atomic E-state index is -1.22. The third-order valence-corrected chi connectivity index (χ3v) is 4.56. The van der Waals surface area contributed by atoms with Gasteiger partial charge in [0, 0.05) is 8.07 Å². The maximum Gasteiger partial charge on any atom is 0.180 e. The minimum Gasteiger partial charge on any atom is -0.290 e. The van der Waals surface area contributed by atoms with Gasteiger partial charge in [-0.1, -0.05) is 38.7 Å². The average Bonchev–Trinajstić information content (AvgIpc) is 2.58. The molecule has 2 heteroatoms. The molecule has 0 saturated heterocycles. The number of carbonyl (C=O) groups excluding carboxylic acids is 1. The summed E-state index contributed by atoms with van der Waals surface area (Å²) in [5.41, 5.74) is 2.51. The van der Waals surface area contributed by atoms with Gasteiger partial charge in [0.25, 0.3) is 0 Å². The van der Waals surface area contributed by atoms with Gasteiger partial charge < -0.3 is 0 Å². The highest BCUT2D eigenvalue weighted by Gasteiger charge is 2.25. The third kappa shape index (κ3) is 3.74. The molecule has 1 saturated carbocycles. The van der Waals surface area contributed by atoms with E-state index in [9.17, 15) is 4.79 Å². The first-order chi connectivity index (χ1) is 7.33. The second kappa shape index (κ2) is 5.13. The van der Waals surface area contributed by atoms with E-state index >= 15 is 0 Å². The average molecular weight is 236 g/mol. The second-order valence-electron chi connectivity index (χ2n) is 6.24. The van der Waals surface area contributed by atoms with E-state index in [4.69, 9.17) is 0 Å². The number of rotatable bonds is 4. The Balaban J connectivity index is 2.96. The molecule has 0 bridgehead atoms. The molecule has 1 aliphatic carbocycles. The van der Waals surface area contributed by atoms with E-state index in [0.29, 0.717) is 0 Å². The normalized spacial score (nSPS) is 24.4. The molecule has 1 atom stereocenters. The van der Waals surface area contributed by atoms with Gasteiger partial charge in [-0.3, -0.25) is 4.79 Å². The summed E-state index contributed by atoms with van der Waals surface area (Å²) in [4.78, 5) is 11.9. The van der Waals surface area contributed by atoms with Crippen molar-refractivity contribution in [3.63, 3.8) is 0 Å². The molecule has 90 valence electrons. The summed E-state index contributed by atoms with van der Waals surface area (Å²) in [5, 5.41) is 0. The Morgan fingerprint density at radius 1 is 1.50 bits per heavy atom. The molecule has 1 unspecified atom stereocenters. The van der Waals surface area contributed by atoms with Gasteiger partial charge in [-0.2, -0.15) is 0 Å². The lowest BCUT2D eigenvalue weighted by atomic mass is 10.0. The van der Waals surface area contributed by atoms with Crippen LogP contribution >= 0.6 is 0 Å². The van der Waals surface area contributed by atoms with Crippen LogP contribution in [0, 0.1) is 5.92 Å². The third-order valence-electron chi connectivity index (χ3n) is 3.15. The predicted molar refractivity (Wildman–Crippen MR) is 73.4 cm³/mol. The molecule has 0 heterocycles. The van der Waals surface area contributed by atoms with E-state index in [1.165, 1.54) is 18.1 Å². The van der Waals surface area contributed by atoms with Gasteiger partial charge >= 0.3 is 0 Å². The van der Waals surface area contributed by atoms with Crippen molar-refractivity contribution in [2.75, 3.05) is 0 Å². The van der Waals surface area contributed by atoms with Crippen LogP contribution in [0.5, 0.6) is 0 Å². The van der Waals surface area contributed by atoms with E-state index in [1.54, 1.807) is 0 Å². The van der Waals surface area contributed by atoms with Crippen molar-refractivity contribution in [3.8, 4) is 0 Å². The first-order valence-electron chi connectivity index (χ1n) is 6.21. The van der Waals surface area contributed by atoms with Gasteiger partial charge in [0.1, 0.15) is 0 Å². The summed E-state index contributed by atoms with van der Waals surface area (Å²) >= 11 is 0. The van der Waals surface area contributed by atoms with Crippen molar-refractivity contribution < 1.29 is 4.79 Å². The van der Waals surface area contributed by atoms with Crippen molar-refractivity contribution in [1.82, 2.24) is 0 Å². The Labute approximate surface area is 101 Å². The molecule has 0 aromatic rings. The Morgan fingerprint density at radius 2 is 2.12 bits per heavy atom. The van der Waals surface area contributed by atoms with Crippen LogP contribution < -0.4 is 0 Å². The summed E-state index contributed by atoms with van der Waals surface area (Å²) in [7, 11) is -1.22. The van der Waals surface area contributed by atoms with Gasteiger partial charge in [-0.25, -0.2) is 0 Å². The van der Waals surface area contributed by atoms with Crippen LogP contribution in [-0.4, -0.2) is 13.9 Å². The van der Waals surface area contributed by atoms with Crippen molar-refractivity contribution in [2.45, 2.75) is 51.9 Å². The van der Waals surface area contributed by atoms with Crippen LogP contribution in [0.3, 0.4) is 0 Å². The molecule has 0 aliphatic heterocycles. The predicted octanol–water partition coefficient (Wildman–Crippen LogP) is 4.20. The lowest BCUT2D eigenvalue weighted by Gasteiger charge is -2.19. The molecule has 1 aliphatic rings. The Kier molecular flexibility index (Phi) is 4.31. The standard InChI is InChI=1S/C14H24OSi/c1-6-14(15)13(10-16(3,4)5)12-8-7-11(2)9-12/h6,11H,1,7-10H2,2-5H3/b13-12+. The van der Waals surface area contributed by atoms with Crippen molar-refractivity contribution in [2.24, 2.45) is 5.92 Å². The van der Waals surface area contributed by atoms with E-state index in [-0.39, 0.29) is 5.78 Å². The number of ketones is 1. The molecule has 0 aromatic heterocycles. The van der Waals surface area contributed by atoms with Crippen LogP contribution in [0.2, 0.25) is 25.7 Å². The van der Waals surface area contributed by atoms with Crippen LogP contribution in [-0.2, 0) is 4.79 Å². The quantitative estimate of drug-likeness (QED) is 0.528. The van der Waals surface area contributed by atoms with Gasteiger partial charge in [-0.15, -0.1) is 0 Å². The van der Waals surface area contributed by atoms with Gasteiger partial charge in [-0.05, 0) is 42.9 Å². The number of hydrogen-bond donors (Lipinski definition) is 0. The van der Waals surface area contributed by atoms with Crippen LogP contribution in [0.25, 0.3) is 0 Å². The second-order valence-corrected chi connectivity index (χ2v) is 11.7. The fourth-order valence-electron chi connectivity index (χ4n) is 2.36. The smallest absolute Gasteiger partial charge is 0.180 e. The number of carbonyl (C=O) groups is 1.